The Hall–Kier alpha value is -4.01. The van der Waals surface area contributed by atoms with Crippen molar-refractivity contribution in [3.63, 3.8) is 0 Å². The topological polar surface area (TPSA) is 106 Å². The molecule has 3 rings (SSSR count). The van der Waals surface area contributed by atoms with Gasteiger partial charge >= 0.3 is 5.76 Å². The highest BCUT2D eigenvalue weighted by atomic mass is 16.5. The predicted octanol–water partition coefficient (Wildman–Crippen LogP) is 1.91. The Morgan fingerprint density at radius 2 is 1.86 bits per heavy atom. The first-order chi connectivity index (χ1) is 13.6. The molecule has 3 aromatic rings. The van der Waals surface area contributed by atoms with E-state index >= 15 is 0 Å². The number of hydrogen-bond donors (Lipinski definition) is 1. The second-order valence-electron chi connectivity index (χ2n) is 5.63. The Kier molecular flexibility index (Phi) is 5.75. The maximum atomic E-state index is 12.3. The Morgan fingerprint density at radius 1 is 1.14 bits per heavy atom. The minimum absolute atomic E-state index is 0.0181. The lowest BCUT2D eigenvalue weighted by atomic mass is 10.2. The van der Waals surface area contributed by atoms with Crippen LogP contribution in [-0.4, -0.2) is 38.5 Å². The van der Waals surface area contributed by atoms with Crippen LogP contribution in [0.5, 0.6) is 0 Å². The van der Waals surface area contributed by atoms with Gasteiger partial charge in [0.15, 0.2) is 0 Å². The van der Waals surface area contributed by atoms with Crippen LogP contribution in [0.4, 0.5) is 11.9 Å². The number of carbonyl (C=O) groups excluding carboxylic acids is 1. The number of benzene rings is 1. The molecule has 0 saturated carbocycles. The van der Waals surface area contributed by atoms with Gasteiger partial charge in [0.25, 0.3) is 17.6 Å². The Morgan fingerprint density at radius 3 is 2.54 bits per heavy atom. The van der Waals surface area contributed by atoms with Crippen LogP contribution in [0.2, 0.25) is 0 Å². The van der Waals surface area contributed by atoms with E-state index in [2.05, 4.69) is 33.4 Å². The minimum Gasteiger partial charge on any atom is -0.333 e. The predicted molar refractivity (Wildman–Crippen MR) is 106 cm³/mol. The molecule has 0 aliphatic carbocycles. The maximum Gasteiger partial charge on any atom is 0.462 e. The molecular formula is C19H18N6O3. The van der Waals surface area contributed by atoms with E-state index < -0.39 is 11.7 Å². The van der Waals surface area contributed by atoms with Gasteiger partial charge in [-0.15, -0.1) is 18.1 Å². The summed E-state index contributed by atoms with van der Waals surface area (Å²) in [7, 11) is 0. The Bertz CT molecular complexity index is 1070. The largest absolute Gasteiger partial charge is 0.462 e. The van der Waals surface area contributed by atoms with Crippen molar-refractivity contribution in [2.24, 2.45) is 0 Å². The van der Waals surface area contributed by atoms with Crippen molar-refractivity contribution in [2.45, 2.75) is 0 Å². The van der Waals surface area contributed by atoms with E-state index in [0.717, 1.165) is 10.1 Å². The quantitative estimate of drug-likeness (QED) is 0.471. The van der Waals surface area contributed by atoms with Gasteiger partial charge in [-0.05, 0) is 11.6 Å². The van der Waals surface area contributed by atoms with E-state index in [0.29, 0.717) is 13.1 Å². The van der Waals surface area contributed by atoms with E-state index in [1.807, 2.05) is 30.3 Å². The molecule has 0 saturated heterocycles. The van der Waals surface area contributed by atoms with Crippen LogP contribution >= 0.6 is 0 Å². The van der Waals surface area contributed by atoms with Gasteiger partial charge in [0.05, 0.1) is 0 Å². The molecule has 0 aliphatic rings. The number of amides is 1. The summed E-state index contributed by atoms with van der Waals surface area (Å²) >= 11 is 0. The van der Waals surface area contributed by atoms with Crippen LogP contribution in [0, 0.1) is 0 Å². The fourth-order valence-corrected chi connectivity index (χ4v) is 2.39. The van der Waals surface area contributed by atoms with Crippen LogP contribution < -0.4 is 16.0 Å². The summed E-state index contributed by atoms with van der Waals surface area (Å²) in [6, 6.07) is 9.34. The number of fused-ring (bicyclic) bond motifs is 1. The van der Waals surface area contributed by atoms with Crippen molar-refractivity contribution in [1.82, 2.24) is 19.5 Å². The first-order valence-electron chi connectivity index (χ1n) is 8.39. The number of hydrogen-bond acceptors (Lipinski definition) is 7. The van der Waals surface area contributed by atoms with Gasteiger partial charge in [-0.3, -0.25) is 10.1 Å². The van der Waals surface area contributed by atoms with E-state index in [4.69, 9.17) is 4.52 Å². The molecule has 0 atom stereocenters. The lowest BCUT2D eigenvalue weighted by molar-refractivity contribution is -0.111. The highest BCUT2D eigenvalue weighted by molar-refractivity contribution is 6.01. The third-order valence-electron chi connectivity index (χ3n) is 3.58. The summed E-state index contributed by atoms with van der Waals surface area (Å²) in [4.78, 5) is 37.8. The third kappa shape index (κ3) is 4.39. The van der Waals surface area contributed by atoms with Crippen molar-refractivity contribution in [2.75, 3.05) is 23.3 Å². The number of aromatic nitrogens is 4. The van der Waals surface area contributed by atoms with Crippen molar-refractivity contribution in [3.05, 3.63) is 77.8 Å². The van der Waals surface area contributed by atoms with Gasteiger partial charge in [-0.2, -0.15) is 9.97 Å². The molecule has 1 amide bonds. The summed E-state index contributed by atoms with van der Waals surface area (Å²) in [6.07, 6.45) is 6.35. The summed E-state index contributed by atoms with van der Waals surface area (Å²) in [5, 5.41) is 2.58. The molecular weight excluding hydrogens is 360 g/mol. The van der Waals surface area contributed by atoms with Gasteiger partial charge in [0.2, 0.25) is 5.95 Å². The van der Waals surface area contributed by atoms with Gasteiger partial charge < -0.3 is 9.42 Å². The zero-order valence-electron chi connectivity index (χ0n) is 15.0. The van der Waals surface area contributed by atoms with E-state index in [-0.39, 0.29) is 17.7 Å². The zero-order valence-corrected chi connectivity index (χ0v) is 15.0. The van der Waals surface area contributed by atoms with E-state index in [1.54, 1.807) is 23.1 Å². The molecule has 1 aromatic carbocycles. The van der Waals surface area contributed by atoms with Crippen LogP contribution in [0.15, 0.2) is 71.0 Å². The standard InChI is InChI=1S/C19H18N6O3/c1-3-12-24(13-4-2)16-21-17(25-18(22-16)23-19(27)28-25)20-15(26)11-10-14-8-6-5-7-9-14/h3-11H,1-2,12-13H2,(H,20,21,22,23,26,27)/b11-10+. The fourth-order valence-electron chi connectivity index (χ4n) is 2.39. The van der Waals surface area contributed by atoms with E-state index in [1.165, 1.54) is 6.08 Å². The molecule has 0 spiro atoms. The Balaban J connectivity index is 1.93. The lowest BCUT2D eigenvalue weighted by Gasteiger charge is -2.19. The molecule has 9 nitrogen and oxygen atoms in total. The summed E-state index contributed by atoms with van der Waals surface area (Å²) in [5.41, 5.74) is 0.864. The monoisotopic (exact) mass is 378 g/mol. The van der Waals surface area contributed by atoms with Crippen molar-refractivity contribution < 1.29 is 9.32 Å². The summed E-state index contributed by atoms with van der Waals surface area (Å²) < 4.78 is 5.92. The van der Waals surface area contributed by atoms with Gasteiger partial charge in [0.1, 0.15) is 0 Å². The second-order valence-corrected chi connectivity index (χ2v) is 5.63. The molecule has 2 aromatic heterocycles. The first kappa shape index (κ1) is 18.8. The fraction of sp³-hybridized carbons (Fsp3) is 0.105. The second kappa shape index (κ2) is 8.58. The van der Waals surface area contributed by atoms with Crippen LogP contribution in [0.25, 0.3) is 11.9 Å². The number of anilines is 2. The molecule has 0 fully saturated rings. The van der Waals surface area contributed by atoms with E-state index in [9.17, 15) is 9.59 Å². The SMILES string of the molecule is C=CCN(CC=C)c1nc(NC(=O)/C=C/c2ccccc2)n2oc(=O)nc2n1. The van der Waals surface area contributed by atoms with Crippen molar-refractivity contribution in [1.29, 1.82) is 0 Å². The Labute approximate surface area is 160 Å². The molecule has 1 N–H and O–H groups in total. The average Bonchev–Trinajstić information content (AvgIpc) is 3.07. The zero-order chi connectivity index (χ0) is 19.9. The number of rotatable bonds is 8. The summed E-state index contributed by atoms with van der Waals surface area (Å²) in [6.45, 7) is 8.27. The molecule has 28 heavy (non-hydrogen) atoms. The third-order valence-corrected chi connectivity index (χ3v) is 3.58. The molecule has 2 heterocycles. The molecule has 0 aliphatic heterocycles. The maximum absolute atomic E-state index is 12.3. The minimum atomic E-state index is -0.847. The van der Waals surface area contributed by atoms with Crippen molar-refractivity contribution >= 4 is 29.7 Å². The average molecular weight is 378 g/mol. The van der Waals surface area contributed by atoms with Gasteiger partial charge in [-0.1, -0.05) is 47.1 Å². The smallest absolute Gasteiger partial charge is 0.333 e. The van der Waals surface area contributed by atoms with Crippen LogP contribution in [0.3, 0.4) is 0 Å². The van der Waals surface area contributed by atoms with Crippen molar-refractivity contribution in [3.8, 4) is 0 Å². The highest BCUT2D eigenvalue weighted by Gasteiger charge is 2.17. The van der Waals surface area contributed by atoms with Gasteiger partial charge in [0, 0.05) is 19.2 Å². The van der Waals surface area contributed by atoms with Crippen LogP contribution in [-0.2, 0) is 4.79 Å². The van der Waals surface area contributed by atoms with Gasteiger partial charge in [-0.25, -0.2) is 4.79 Å². The molecule has 142 valence electrons. The number of nitrogens with one attached hydrogen (secondary N) is 1. The number of nitrogens with zero attached hydrogens (tertiary/aromatic N) is 5. The normalized spacial score (nSPS) is 10.9. The lowest BCUT2D eigenvalue weighted by Crippen LogP contribution is -2.26. The summed E-state index contributed by atoms with van der Waals surface area (Å²) in [5.74, 6) is -1.09. The molecule has 0 bridgehead atoms. The highest BCUT2D eigenvalue weighted by Crippen LogP contribution is 2.14. The first-order valence-corrected chi connectivity index (χ1v) is 8.39. The number of carbonyl (C=O) groups is 1. The molecule has 9 heteroatoms. The molecule has 0 unspecified atom stereocenters. The molecule has 0 radical (unpaired) electrons. The van der Waals surface area contributed by atoms with Crippen LogP contribution in [0.1, 0.15) is 5.56 Å².